The molecule has 2 fully saturated rings. The minimum atomic E-state index is 0.0548. The summed E-state index contributed by atoms with van der Waals surface area (Å²) in [5.74, 6) is 1.79. The van der Waals surface area contributed by atoms with Gasteiger partial charge in [-0.1, -0.05) is 31.7 Å². The lowest BCUT2D eigenvalue weighted by molar-refractivity contribution is -0.144. The van der Waals surface area contributed by atoms with E-state index in [4.69, 9.17) is 14.2 Å². The summed E-state index contributed by atoms with van der Waals surface area (Å²) in [6.45, 7) is 2.87. The minimum Gasteiger partial charge on any atom is -0.454 e. The summed E-state index contributed by atoms with van der Waals surface area (Å²) in [6.07, 6.45) is 9.49. The molecule has 0 unspecified atom stereocenters. The number of piperazine rings is 1. The summed E-state index contributed by atoms with van der Waals surface area (Å²) < 4.78 is 16.6. The molecule has 2 aliphatic heterocycles. The van der Waals surface area contributed by atoms with Crippen molar-refractivity contribution in [3.63, 3.8) is 0 Å². The molecule has 7 heteroatoms. The Kier molecular flexibility index (Phi) is 7.67. The molecule has 1 aliphatic carbocycles. The maximum Gasteiger partial charge on any atom is 0.248 e. The van der Waals surface area contributed by atoms with Crippen LogP contribution in [0, 0.1) is 0 Å². The van der Waals surface area contributed by atoms with E-state index in [1.54, 1.807) is 0 Å². The van der Waals surface area contributed by atoms with Crippen molar-refractivity contribution >= 4 is 11.8 Å². The fraction of sp³-hybridized carbons (Fsp3) is 0.667. The number of ether oxygens (including phenoxy) is 3. The molecule has 0 atom stereocenters. The van der Waals surface area contributed by atoms with Gasteiger partial charge in [-0.25, -0.2) is 0 Å². The predicted octanol–water partition coefficient (Wildman–Crippen LogP) is 3.15. The molecule has 0 N–H and O–H groups in total. The number of hydrogen-bond acceptors (Lipinski definition) is 5. The summed E-state index contributed by atoms with van der Waals surface area (Å²) in [5.41, 5.74) is 1.15. The number of rotatable bonds is 7. The average Bonchev–Trinajstić information content (AvgIpc) is 3.11. The molecule has 0 spiro atoms. The molecule has 0 bridgehead atoms. The van der Waals surface area contributed by atoms with Crippen LogP contribution in [-0.2, 0) is 20.7 Å². The number of fused-ring (bicyclic) bond motifs is 1. The fourth-order valence-corrected chi connectivity index (χ4v) is 4.59. The van der Waals surface area contributed by atoms with E-state index < -0.39 is 0 Å². The molecule has 31 heavy (non-hydrogen) atoms. The highest BCUT2D eigenvalue weighted by Crippen LogP contribution is 2.32. The van der Waals surface area contributed by atoms with Crippen LogP contribution in [0.4, 0.5) is 0 Å². The van der Waals surface area contributed by atoms with Gasteiger partial charge in [0, 0.05) is 32.6 Å². The number of carbonyl (C=O) groups excluding carboxylic acids is 2. The lowest BCUT2D eigenvalue weighted by Gasteiger charge is -2.35. The van der Waals surface area contributed by atoms with Gasteiger partial charge in [0.25, 0.3) is 0 Å². The number of amides is 2. The number of carbonyl (C=O) groups is 2. The minimum absolute atomic E-state index is 0.0548. The molecule has 2 amide bonds. The van der Waals surface area contributed by atoms with Gasteiger partial charge >= 0.3 is 0 Å². The van der Waals surface area contributed by atoms with Gasteiger partial charge in [-0.05, 0) is 43.4 Å². The van der Waals surface area contributed by atoms with Crippen molar-refractivity contribution in [2.45, 2.75) is 63.9 Å². The van der Waals surface area contributed by atoms with Gasteiger partial charge in [-0.2, -0.15) is 0 Å². The first-order chi connectivity index (χ1) is 15.2. The van der Waals surface area contributed by atoms with Crippen LogP contribution in [0.3, 0.4) is 0 Å². The van der Waals surface area contributed by atoms with Gasteiger partial charge in [-0.15, -0.1) is 0 Å². The fourth-order valence-electron chi connectivity index (χ4n) is 4.59. The molecule has 4 rings (SSSR count). The maximum atomic E-state index is 12.6. The van der Waals surface area contributed by atoms with E-state index in [9.17, 15) is 9.59 Å². The molecule has 7 nitrogen and oxygen atoms in total. The first kappa shape index (κ1) is 21.9. The molecular formula is C24H34N2O5. The Bertz CT molecular complexity index is 752. The summed E-state index contributed by atoms with van der Waals surface area (Å²) in [7, 11) is 0. The number of benzene rings is 1. The summed E-state index contributed by atoms with van der Waals surface area (Å²) in [5, 5.41) is 0. The van der Waals surface area contributed by atoms with Crippen LogP contribution < -0.4 is 9.47 Å². The Hall–Kier alpha value is -2.28. The van der Waals surface area contributed by atoms with E-state index in [0.29, 0.717) is 32.6 Å². The summed E-state index contributed by atoms with van der Waals surface area (Å²) in [6, 6.07) is 5.95. The topological polar surface area (TPSA) is 68.3 Å². The Morgan fingerprint density at radius 1 is 0.903 bits per heavy atom. The van der Waals surface area contributed by atoms with Crippen molar-refractivity contribution in [1.82, 2.24) is 9.80 Å². The largest absolute Gasteiger partial charge is 0.454 e. The standard InChI is InChI=1S/C24H34N2O5/c27-23(9-5-6-19-10-11-21-22(16-19)31-18-30-21)25-12-14-26(15-13-25)24(28)17-29-20-7-3-1-2-4-8-20/h10-11,16,20H,1-9,12-15,17-18H2. The zero-order chi connectivity index (χ0) is 21.5. The smallest absolute Gasteiger partial charge is 0.248 e. The Balaban J connectivity index is 1.13. The third-order valence-electron chi connectivity index (χ3n) is 6.52. The third kappa shape index (κ3) is 6.12. The molecule has 170 valence electrons. The molecule has 1 aromatic carbocycles. The molecule has 1 saturated heterocycles. The zero-order valence-corrected chi connectivity index (χ0v) is 18.4. The Morgan fingerprint density at radius 3 is 2.32 bits per heavy atom. The highest BCUT2D eigenvalue weighted by atomic mass is 16.7. The van der Waals surface area contributed by atoms with Crippen molar-refractivity contribution in [2.24, 2.45) is 0 Å². The van der Waals surface area contributed by atoms with Crippen LogP contribution in [0.15, 0.2) is 18.2 Å². The number of aryl methyl sites for hydroxylation is 1. The quantitative estimate of drug-likeness (QED) is 0.622. The normalized spacial score (nSPS) is 19.4. The van der Waals surface area contributed by atoms with E-state index >= 15 is 0 Å². The first-order valence-corrected chi connectivity index (χ1v) is 11.7. The van der Waals surface area contributed by atoms with E-state index in [1.165, 1.54) is 25.7 Å². The number of hydrogen-bond donors (Lipinski definition) is 0. The van der Waals surface area contributed by atoms with Crippen LogP contribution in [0.2, 0.25) is 0 Å². The van der Waals surface area contributed by atoms with Crippen molar-refractivity contribution < 1.29 is 23.8 Å². The highest BCUT2D eigenvalue weighted by molar-refractivity contribution is 5.79. The summed E-state index contributed by atoms with van der Waals surface area (Å²) >= 11 is 0. The molecule has 1 saturated carbocycles. The second-order valence-corrected chi connectivity index (χ2v) is 8.73. The molecule has 0 aromatic heterocycles. The molecule has 0 radical (unpaired) electrons. The van der Waals surface area contributed by atoms with Crippen LogP contribution >= 0.6 is 0 Å². The molecule has 1 aromatic rings. The maximum absolute atomic E-state index is 12.6. The molecular weight excluding hydrogens is 396 g/mol. The van der Waals surface area contributed by atoms with E-state index in [0.717, 1.165) is 42.7 Å². The van der Waals surface area contributed by atoms with Crippen LogP contribution in [0.25, 0.3) is 0 Å². The third-order valence-corrected chi connectivity index (χ3v) is 6.52. The summed E-state index contributed by atoms with van der Waals surface area (Å²) in [4.78, 5) is 28.8. The van der Waals surface area contributed by atoms with Crippen LogP contribution in [0.1, 0.15) is 56.9 Å². The Labute approximate surface area is 184 Å². The second kappa shape index (κ2) is 10.8. The molecule has 3 aliphatic rings. The van der Waals surface area contributed by atoms with Gasteiger partial charge < -0.3 is 24.0 Å². The van der Waals surface area contributed by atoms with E-state index in [-0.39, 0.29) is 31.3 Å². The SMILES string of the molecule is O=C(CCCc1ccc2c(c1)OCO2)N1CCN(C(=O)COC2CCCCCC2)CC1. The lowest BCUT2D eigenvalue weighted by Crippen LogP contribution is -2.51. The van der Waals surface area contributed by atoms with Gasteiger partial charge in [0.15, 0.2) is 11.5 Å². The lowest BCUT2D eigenvalue weighted by atomic mass is 10.1. The van der Waals surface area contributed by atoms with Gasteiger partial charge in [-0.3, -0.25) is 9.59 Å². The average molecular weight is 431 g/mol. The van der Waals surface area contributed by atoms with Gasteiger partial charge in [0.2, 0.25) is 18.6 Å². The predicted molar refractivity (Wildman–Crippen MR) is 116 cm³/mol. The Morgan fingerprint density at radius 2 is 1.58 bits per heavy atom. The van der Waals surface area contributed by atoms with Crippen molar-refractivity contribution in [2.75, 3.05) is 39.6 Å². The zero-order valence-electron chi connectivity index (χ0n) is 18.4. The van der Waals surface area contributed by atoms with Crippen molar-refractivity contribution in [3.05, 3.63) is 23.8 Å². The monoisotopic (exact) mass is 430 g/mol. The van der Waals surface area contributed by atoms with Crippen LogP contribution in [0.5, 0.6) is 11.5 Å². The van der Waals surface area contributed by atoms with Crippen molar-refractivity contribution in [3.8, 4) is 11.5 Å². The van der Waals surface area contributed by atoms with E-state index in [2.05, 4.69) is 0 Å². The van der Waals surface area contributed by atoms with Crippen molar-refractivity contribution in [1.29, 1.82) is 0 Å². The van der Waals surface area contributed by atoms with Gasteiger partial charge in [0.1, 0.15) is 6.61 Å². The van der Waals surface area contributed by atoms with Gasteiger partial charge in [0.05, 0.1) is 6.10 Å². The number of nitrogens with zero attached hydrogens (tertiary/aromatic N) is 2. The molecule has 2 heterocycles. The second-order valence-electron chi connectivity index (χ2n) is 8.73. The van der Waals surface area contributed by atoms with E-state index in [1.807, 2.05) is 28.0 Å². The highest BCUT2D eigenvalue weighted by Gasteiger charge is 2.25. The van der Waals surface area contributed by atoms with Crippen LogP contribution in [-0.4, -0.2) is 67.3 Å². The first-order valence-electron chi connectivity index (χ1n) is 11.7.